The van der Waals surface area contributed by atoms with Crippen LogP contribution in [0.25, 0.3) is 0 Å². The monoisotopic (exact) mass is 309 g/mol. The van der Waals surface area contributed by atoms with Crippen molar-refractivity contribution in [1.29, 1.82) is 0 Å². The van der Waals surface area contributed by atoms with Crippen molar-refractivity contribution in [2.45, 2.75) is 25.9 Å². The molecule has 0 saturated carbocycles. The summed E-state index contributed by atoms with van der Waals surface area (Å²) >= 11 is 3.56. The summed E-state index contributed by atoms with van der Waals surface area (Å²) in [6.45, 7) is 4.21. The van der Waals surface area contributed by atoms with Gasteiger partial charge in [0.15, 0.2) is 0 Å². The van der Waals surface area contributed by atoms with E-state index in [2.05, 4.69) is 50.2 Å². The highest BCUT2D eigenvalue weighted by Crippen LogP contribution is 2.29. The third-order valence-electron chi connectivity index (χ3n) is 2.74. The number of hydrogen-bond donors (Lipinski definition) is 1. The van der Waals surface area contributed by atoms with Crippen molar-refractivity contribution < 1.29 is 0 Å². The van der Waals surface area contributed by atoms with E-state index >= 15 is 0 Å². The van der Waals surface area contributed by atoms with Gasteiger partial charge in [-0.1, -0.05) is 0 Å². The fourth-order valence-corrected chi connectivity index (χ4v) is 2.43. The van der Waals surface area contributed by atoms with Crippen LogP contribution in [-0.4, -0.2) is 26.8 Å². The lowest BCUT2D eigenvalue weighted by molar-refractivity contribution is 0.480. The first-order valence-electron chi connectivity index (χ1n) is 5.81. The van der Waals surface area contributed by atoms with Crippen LogP contribution in [0.3, 0.4) is 0 Å². The molecule has 18 heavy (non-hydrogen) atoms. The maximum absolute atomic E-state index is 4.40. The molecule has 6 heteroatoms. The van der Waals surface area contributed by atoms with Crippen molar-refractivity contribution >= 4 is 15.9 Å². The molecule has 1 atom stereocenters. The molecule has 0 aliphatic heterocycles. The molecule has 0 spiro atoms. The van der Waals surface area contributed by atoms with E-state index < -0.39 is 0 Å². The summed E-state index contributed by atoms with van der Waals surface area (Å²) in [5.41, 5.74) is 2.00. The van der Waals surface area contributed by atoms with Gasteiger partial charge >= 0.3 is 0 Å². The van der Waals surface area contributed by atoms with Crippen molar-refractivity contribution in [2.24, 2.45) is 0 Å². The molecular weight excluding hydrogens is 294 g/mol. The number of hydrogen-bond acceptors (Lipinski definition) is 4. The number of aromatic nitrogens is 4. The van der Waals surface area contributed by atoms with Crippen LogP contribution in [0.4, 0.5) is 0 Å². The lowest BCUT2D eigenvalue weighted by Crippen LogP contribution is -2.23. The molecule has 1 unspecified atom stereocenters. The number of nitrogens with one attached hydrogen (secondary N) is 1. The van der Waals surface area contributed by atoms with Crippen molar-refractivity contribution in [3.05, 3.63) is 40.6 Å². The summed E-state index contributed by atoms with van der Waals surface area (Å²) in [5, 5.41) is 7.67. The Morgan fingerprint density at radius 2 is 2.17 bits per heavy atom. The topological polar surface area (TPSA) is 55.6 Å². The molecule has 0 aromatic carbocycles. The van der Waals surface area contributed by atoms with Crippen molar-refractivity contribution in [3.8, 4) is 0 Å². The van der Waals surface area contributed by atoms with Gasteiger partial charge in [0.05, 0.1) is 28.1 Å². The maximum Gasteiger partial charge on any atom is 0.115 e. The second-order valence-electron chi connectivity index (χ2n) is 4.27. The van der Waals surface area contributed by atoms with Crippen molar-refractivity contribution in [1.82, 2.24) is 25.1 Å². The Morgan fingerprint density at radius 3 is 2.72 bits per heavy atom. The average molecular weight is 310 g/mol. The summed E-state index contributed by atoms with van der Waals surface area (Å²) in [4.78, 5) is 8.26. The molecule has 2 aromatic heterocycles. The molecule has 0 saturated heterocycles. The molecule has 2 heterocycles. The zero-order valence-corrected chi connectivity index (χ0v) is 12.2. The van der Waals surface area contributed by atoms with Crippen LogP contribution in [0, 0.1) is 0 Å². The molecule has 0 aliphatic carbocycles. The van der Waals surface area contributed by atoms with Gasteiger partial charge in [-0.25, -0.2) is 9.97 Å². The molecule has 0 radical (unpaired) electrons. The SMILES string of the molecule is CNC(c1ccncn1)c1c(Br)cnn1C(C)C. The second kappa shape index (κ2) is 5.58. The molecule has 1 N–H and O–H groups in total. The van der Waals surface area contributed by atoms with E-state index in [4.69, 9.17) is 0 Å². The highest BCUT2D eigenvalue weighted by Gasteiger charge is 2.22. The first-order chi connectivity index (χ1) is 8.65. The number of nitrogens with zero attached hydrogens (tertiary/aromatic N) is 4. The molecule has 2 aromatic rings. The zero-order valence-electron chi connectivity index (χ0n) is 10.6. The van der Waals surface area contributed by atoms with Crippen LogP contribution in [0.15, 0.2) is 29.3 Å². The number of halogens is 1. The molecule has 2 rings (SSSR count). The summed E-state index contributed by atoms with van der Waals surface area (Å²) < 4.78 is 2.97. The lowest BCUT2D eigenvalue weighted by atomic mass is 10.1. The lowest BCUT2D eigenvalue weighted by Gasteiger charge is -2.20. The Labute approximate surface area is 115 Å². The Bertz CT molecular complexity index is 508. The highest BCUT2D eigenvalue weighted by molar-refractivity contribution is 9.10. The molecule has 0 aliphatic rings. The largest absolute Gasteiger partial charge is 0.307 e. The fourth-order valence-electron chi connectivity index (χ4n) is 1.93. The molecule has 0 amide bonds. The first-order valence-corrected chi connectivity index (χ1v) is 6.60. The van der Waals surface area contributed by atoms with E-state index in [0.717, 1.165) is 15.9 Å². The van der Waals surface area contributed by atoms with Gasteiger partial charge < -0.3 is 5.32 Å². The van der Waals surface area contributed by atoms with Crippen molar-refractivity contribution in [3.63, 3.8) is 0 Å². The van der Waals surface area contributed by atoms with Gasteiger partial charge in [0.2, 0.25) is 0 Å². The summed E-state index contributed by atoms with van der Waals surface area (Å²) in [7, 11) is 1.91. The van der Waals surface area contributed by atoms with Crippen LogP contribution in [-0.2, 0) is 0 Å². The fraction of sp³-hybridized carbons (Fsp3) is 0.417. The second-order valence-corrected chi connectivity index (χ2v) is 5.13. The molecular formula is C12H16BrN5. The Hall–Kier alpha value is -1.27. The average Bonchev–Trinajstić information content (AvgIpc) is 2.74. The smallest absolute Gasteiger partial charge is 0.115 e. The van der Waals surface area contributed by atoms with Crippen LogP contribution < -0.4 is 5.32 Å². The quantitative estimate of drug-likeness (QED) is 0.941. The van der Waals surface area contributed by atoms with Gasteiger partial charge in [-0.15, -0.1) is 0 Å². The predicted octanol–water partition coefficient (Wildman–Crippen LogP) is 2.33. The third-order valence-corrected chi connectivity index (χ3v) is 3.35. The van der Waals surface area contributed by atoms with E-state index in [-0.39, 0.29) is 6.04 Å². The van der Waals surface area contributed by atoms with Crippen LogP contribution >= 0.6 is 15.9 Å². The highest BCUT2D eigenvalue weighted by atomic mass is 79.9. The minimum atomic E-state index is -0.00715. The van der Waals surface area contributed by atoms with E-state index in [1.54, 1.807) is 12.5 Å². The maximum atomic E-state index is 4.40. The summed E-state index contributed by atoms with van der Waals surface area (Å²) in [6, 6.07) is 2.20. The van der Waals surface area contributed by atoms with Crippen LogP contribution in [0.5, 0.6) is 0 Å². The van der Waals surface area contributed by atoms with Gasteiger partial charge in [0.1, 0.15) is 6.33 Å². The summed E-state index contributed by atoms with van der Waals surface area (Å²) in [6.07, 6.45) is 5.13. The Kier molecular flexibility index (Phi) is 4.08. The van der Waals surface area contributed by atoms with E-state index in [1.807, 2.05) is 24.0 Å². The standard InChI is InChI=1S/C12H16BrN5/c1-8(2)18-12(9(13)6-17-18)11(14-3)10-4-5-15-7-16-10/h4-8,11,14H,1-3H3. The first kappa shape index (κ1) is 13.2. The van der Waals surface area contributed by atoms with Gasteiger partial charge in [0, 0.05) is 12.2 Å². The van der Waals surface area contributed by atoms with E-state index in [1.165, 1.54) is 0 Å². The predicted molar refractivity (Wildman–Crippen MR) is 73.2 cm³/mol. The summed E-state index contributed by atoms with van der Waals surface area (Å²) in [5.74, 6) is 0. The minimum Gasteiger partial charge on any atom is -0.307 e. The minimum absolute atomic E-state index is 0.00715. The van der Waals surface area contributed by atoms with Gasteiger partial charge in [-0.3, -0.25) is 4.68 Å². The van der Waals surface area contributed by atoms with Crippen molar-refractivity contribution in [2.75, 3.05) is 7.05 Å². The van der Waals surface area contributed by atoms with Gasteiger partial charge in [0.25, 0.3) is 0 Å². The normalized spacial score (nSPS) is 12.9. The van der Waals surface area contributed by atoms with Gasteiger partial charge in [-0.2, -0.15) is 5.10 Å². The van der Waals surface area contributed by atoms with Crippen LogP contribution in [0.1, 0.15) is 37.3 Å². The van der Waals surface area contributed by atoms with Gasteiger partial charge in [-0.05, 0) is 42.9 Å². The van der Waals surface area contributed by atoms with E-state index in [9.17, 15) is 0 Å². The molecule has 0 fully saturated rings. The Balaban J connectivity index is 2.48. The molecule has 96 valence electrons. The molecule has 5 nitrogen and oxygen atoms in total. The Morgan fingerprint density at radius 1 is 1.39 bits per heavy atom. The third kappa shape index (κ3) is 2.44. The number of rotatable bonds is 4. The van der Waals surface area contributed by atoms with Crippen LogP contribution in [0.2, 0.25) is 0 Å². The van der Waals surface area contributed by atoms with E-state index in [0.29, 0.717) is 6.04 Å². The zero-order chi connectivity index (χ0) is 13.1. The molecule has 0 bridgehead atoms.